The fourth-order valence-electron chi connectivity index (χ4n) is 2.53. The molecule has 0 saturated heterocycles. The van der Waals surface area contributed by atoms with Crippen LogP contribution >= 0.6 is 47.8 Å². The summed E-state index contributed by atoms with van der Waals surface area (Å²) in [4.78, 5) is 13.2. The molecule has 0 fully saturated rings. The maximum absolute atomic E-state index is 13.2. The molecule has 3 rings (SSSR count). The van der Waals surface area contributed by atoms with Crippen LogP contribution in [-0.4, -0.2) is 27.7 Å². The van der Waals surface area contributed by atoms with Crippen molar-refractivity contribution in [3.05, 3.63) is 48.9 Å². The predicted octanol–water partition coefficient (Wildman–Crippen LogP) is 5.29. The van der Waals surface area contributed by atoms with Gasteiger partial charge in [0, 0.05) is 17.5 Å². The van der Waals surface area contributed by atoms with Crippen LogP contribution in [0.3, 0.4) is 0 Å². The Morgan fingerprint density at radius 1 is 1.32 bits per heavy atom. The number of aromatic nitrogens is 2. The van der Waals surface area contributed by atoms with Gasteiger partial charge in [0.05, 0.1) is 24.6 Å². The van der Waals surface area contributed by atoms with Gasteiger partial charge in [-0.25, -0.2) is 0 Å². The number of phenols is 1. The van der Waals surface area contributed by atoms with E-state index in [1.165, 1.54) is 18.2 Å². The van der Waals surface area contributed by atoms with Gasteiger partial charge in [-0.05, 0) is 79.0 Å². The van der Waals surface area contributed by atoms with Crippen molar-refractivity contribution in [3.63, 3.8) is 0 Å². The summed E-state index contributed by atoms with van der Waals surface area (Å²) in [5.74, 6) is -0.177. The molecule has 8 heteroatoms. The van der Waals surface area contributed by atoms with Crippen molar-refractivity contribution < 1.29 is 18.8 Å². The van der Waals surface area contributed by atoms with Crippen LogP contribution in [-0.2, 0) is 6.54 Å². The van der Waals surface area contributed by atoms with Crippen LogP contribution in [0.15, 0.2) is 37.7 Å². The Hall–Kier alpha value is -1.38. The van der Waals surface area contributed by atoms with E-state index in [2.05, 4.69) is 52.9 Å². The van der Waals surface area contributed by atoms with Crippen molar-refractivity contribution in [2.24, 2.45) is 0 Å². The molecule has 0 amide bonds. The number of ketones is 1. The van der Waals surface area contributed by atoms with Crippen molar-refractivity contribution in [2.75, 3.05) is 7.04 Å². The first-order chi connectivity index (χ1) is 13.0. The summed E-state index contributed by atoms with van der Waals surface area (Å²) in [6.45, 7) is 2.27. The second kappa shape index (κ2) is 7.09. The van der Waals surface area contributed by atoms with Crippen molar-refractivity contribution in [2.45, 2.75) is 13.5 Å². The molecule has 1 aromatic heterocycles. The third-order valence-corrected chi connectivity index (χ3v) is 5.69. The molecule has 0 aliphatic heterocycles. The van der Waals surface area contributed by atoms with Gasteiger partial charge in [-0.3, -0.25) is 9.48 Å². The van der Waals surface area contributed by atoms with Gasteiger partial charge >= 0.3 is 0 Å². The van der Waals surface area contributed by atoms with Crippen LogP contribution in [0.4, 0.5) is 0 Å². The highest BCUT2D eigenvalue weighted by Gasteiger charge is 2.23. The fourth-order valence-corrected chi connectivity index (χ4v) is 4.22. The second-order valence-electron chi connectivity index (χ2n) is 5.16. The lowest BCUT2D eigenvalue weighted by atomic mass is 10.0. The number of carbonyl (C=O) groups excluding carboxylic acids is 1. The summed E-state index contributed by atoms with van der Waals surface area (Å²) in [7, 11) is -2.60. The number of fused-ring (bicyclic) bond motifs is 1. The minimum absolute atomic E-state index is 0.000363. The summed E-state index contributed by atoms with van der Waals surface area (Å²) >= 11 is 9.80. The SMILES string of the molecule is [2H]C([2H])([2H])Oc1ccc2c(C(=O)c3cc(Br)c(O)c(Br)c3)n(CC)nc2c1Br. The van der Waals surface area contributed by atoms with E-state index in [0.717, 1.165) is 0 Å². The first-order valence-electron chi connectivity index (χ1n) is 8.64. The second-order valence-corrected chi connectivity index (χ2v) is 7.66. The number of ether oxygens (including phenoxy) is 1. The molecular weight excluding hydrogens is 520 g/mol. The van der Waals surface area contributed by atoms with Crippen molar-refractivity contribution >= 4 is 64.5 Å². The van der Waals surface area contributed by atoms with Crippen LogP contribution in [0.1, 0.15) is 27.1 Å². The molecule has 0 unspecified atom stereocenters. The predicted molar refractivity (Wildman–Crippen MR) is 107 cm³/mol. The minimum Gasteiger partial charge on any atom is -0.506 e. The van der Waals surface area contributed by atoms with Crippen molar-refractivity contribution in [3.8, 4) is 11.5 Å². The number of rotatable bonds is 4. The maximum atomic E-state index is 13.2. The summed E-state index contributed by atoms with van der Waals surface area (Å²) in [6.07, 6.45) is 0. The van der Waals surface area contributed by atoms with Gasteiger partial charge in [0.1, 0.15) is 22.7 Å². The average molecular weight is 536 g/mol. The Labute approximate surface area is 173 Å². The molecule has 25 heavy (non-hydrogen) atoms. The van der Waals surface area contributed by atoms with E-state index < -0.39 is 7.04 Å². The third-order valence-electron chi connectivity index (χ3n) is 3.72. The molecule has 0 bridgehead atoms. The van der Waals surface area contributed by atoms with Crippen LogP contribution < -0.4 is 4.74 Å². The third kappa shape index (κ3) is 3.11. The largest absolute Gasteiger partial charge is 0.506 e. The molecule has 3 aromatic rings. The van der Waals surface area contributed by atoms with Crippen LogP contribution in [0.2, 0.25) is 0 Å². The number of aryl methyl sites for hydroxylation is 1. The lowest BCUT2D eigenvalue weighted by Crippen LogP contribution is -2.11. The Morgan fingerprint density at radius 2 is 2.00 bits per heavy atom. The Kier molecular flexibility index (Phi) is 4.18. The lowest BCUT2D eigenvalue weighted by Gasteiger charge is -2.08. The first-order valence-corrected chi connectivity index (χ1v) is 9.52. The first kappa shape index (κ1) is 14.8. The lowest BCUT2D eigenvalue weighted by molar-refractivity contribution is 0.103. The molecule has 0 radical (unpaired) electrons. The number of hydrogen-bond donors (Lipinski definition) is 1. The summed E-state index contributed by atoms with van der Waals surface area (Å²) in [5, 5.41) is 14.9. The van der Waals surface area contributed by atoms with Crippen molar-refractivity contribution in [1.82, 2.24) is 9.78 Å². The van der Waals surface area contributed by atoms with Gasteiger partial charge in [0.2, 0.25) is 5.78 Å². The Balaban J connectivity index is 2.18. The molecule has 5 nitrogen and oxygen atoms in total. The summed E-state index contributed by atoms with van der Waals surface area (Å²) in [5.41, 5.74) is 1.12. The number of nitrogens with zero attached hydrogens (tertiary/aromatic N) is 2. The van der Waals surface area contributed by atoms with Gasteiger partial charge < -0.3 is 9.84 Å². The Bertz CT molecular complexity index is 1070. The molecule has 2 aromatic carbocycles. The normalized spacial score (nSPS) is 13.4. The number of halogens is 3. The highest BCUT2D eigenvalue weighted by atomic mass is 79.9. The molecule has 0 aliphatic carbocycles. The molecule has 130 valence electrons. The molecule has 1 heterocycles. The number of benzene rings is 2. The topological polar surface area (TPSA) is 64.3 Å². The zero-order chi connectivity index (χ0) is 20.8. The van der Waals surface area contributed by atoms with E-state index in [-0.39, 0.29) is 17.3 Å². The number of methoxy groups -OCH3 is 1. The van der Waals surface area contributed by atoms with E-state index in [1.807, 2.05) is 6.92 Å². The van der Waals surface area contributed by atoms with E-state index in [0.29, 0.717) is 42.1 Å². The van der Waals surface area contributed by atoms with Crippen LogP contribution in [0.25, 0.3) is 10.9 Å². The van der Waals surface area contributed by atoms with Crippen LogP contribution in [0, 0.1) is 0 Å². The highest BCUT2D eigenvalue weighted by Crippen LogP contribution is 2.37. The summed E-state index contributed by atoms with van der Waals surface area (Å²) in [6, 6.07) is 6.16. The number of aromatic hydroxyl groups is 1. The summed E-state index contributed by atoms with van der Waals surface area (Å²) < 4.78 is 29.5. The Morgan fingerprint density at radius 3 is 2.60 bits per heavy atom. The molecule has 1 N–H and O–H groups in total. The monoisotopic (exact) mass is 533 g/mol. The van der Waals surface area contributed by atoms with Gasteiger partial charge in [0.15, 0.2) is 0 Å². The highest BCUT2D eigenvalue weighted by molar-refractivity contribution is 9.11. The fraction of sp³-hybridized carbons (Fsp3) is 0.176. The van der Waals surface area contributed by atoms with Gasteiger partial charge in [-0.2, -0.15) is 5.10 Å². The van der Waals surface area contributed by atoms with E-state index in [9.17, 15) is 9.90 Å². The molecule has 0 aliphatic rings. The van der Waals surface area contributed by atoms with Gasteiger partial charge in [-0.15, -0.1) is 0 Å². The number of carbonyl (C=O) groups is 1. The standard InChI is InChI=1S/C17H13Br3N2O3/c1-3-22-15(9-4-5-12(25-2)13(20)14(9)21-22)16(23)8-6-10(18)17(24)11(19)7-8/h4-7,24H,3H2,1-2H3/i2D3. The molecule has 0 atom stereocenters. The van der Waals surface area contributed by atoms with Gasteiger partial charge in [0.25, 0.3) is 0 Å². The molecule has 0 saturated carbocycles. The zero-order valence-corrected chi connectivity index (χ0v) is 17.6. The average Bonchev–Trinajstić information content (AvgIpc) is 2.99. The minimum atomic E-state index is -2.60. The quantitative estimate of drug-likeness (QED) is 0.461. The molecule has 0 spiro atoms. The van der Waals surface area contributed by atoms with E-state index in [1.54, 1.807) is 10.7 Å². The zero-order valence-electron chi connectivity index (χ0n) is 15.8. The van der Waals surface area contributed by atoms with E-state index >= 15 is 0 Å². The maximum Gasteiger partial charge on any atom is 0.211 e. The van der Waals surface area contributed by atoms with E-state index in [4.69, 9.17) is 8.85 Å². The number of phenolic OH excluding ortho intramolecular Hbond substituents is 1. The number of hydrogen-bond acceptors (Lipinski definition) is 4. The van der Waals surface area contributed by atoms with Crippen LogP contribution in [0.5, 0.6) is 11.5 Å². The molecular formula is C17H13Br3N2O3. The van der Waals surface area contributed by atoms with Gasteiger partial charge in [-0.1, -0.05) is 0 Å². The smallest absolute Gasteiger partial charge is 0.211 e. The van der Waals surface area contributed by atoms with Crippen molar-refractivity contribution in [1.29, 1.82) is 0 Å².